The smallest absolute Gasteiger partial charge is 1.00 e. The van der Waals surface area contributed by atoms with Gasteiger partial charge >= 0.3 is 29.6 Å². The maximum Gasteiger partial charge on any atom is 1.00 e. The Kier molecular flexibility index (Phi) is 4.23. The quantitative estimate of drug-likeness (QED) is 0.420. The van der Waals surface area contributed by atoms with Gasteiger partial charge in [0.05, 0.1) is 5.52 Å². The fourth-order valence-corrected chi connectivity index (χ4v) is 2.32. The van der Waals surface area contributed by atoms with Gasteiger partial charge in [-0.2, -0.15) is 8.42 Å². The predicted molar refractivity (Wildman–Crippen MR) is 57.3 cm³/mol. The van der Waals surface area contributed by atoms with Crippen molar-refractivity contribution < 1.29 is 48.4 Å². The summed E-state index contributed by atoms with van der Waals surface area (Å²) in [6.07, 6.45) is 0. The van der Waals surface area contributed by atoms with Crippen molar-refractivity contribution in [3.05, 3.63) is 22.0 Å². The Morgan fingerprint density at radius 2 is 2.12 bits per heavy atom. The Morgan fingerprint density at radius 3 is 2.69 bits per heavy atom. The van der Waals surface area contributed by atoms with Crippen LogP contribution in [0.2, 0.25) is 5.02 Å². The minimum Gasteiger partial charge on any atom is -1.00 e. The standard InChI is InChI=1S/C7H4ClNO4S2.Na.H/c8-3-1-4-6(13-7(14)9-4)5(2-3)15(10,11)12;;/h1-2H,(H,9,14)(H,10,11,12);;/q;+1;-1. The molecule has 0 aliphatic rings. The van der Waals surface area contributed by atoms with Gasteiger partial charge in [0, 0.05) is 5.02 Å². The van der Waals surface area contributed by atoms with Crippen molar-refractivity contribution in [1.29, 1.82) is 0 Å². The molecule has 0 aliphatic heterocycles. The number of hydrogen-bond donors (Lipinski definition) is 2. The normalized spacial score (nSPS) is 11.4. The van der Waals surface area contributed by atoms with Crippen molar-refractivity contribution in [1.82, 2.24) is 4.98 Å². The Labute approximate surface area is 124 Å². The Bertz CT molecular complexity index is 695. The van der Waals surface area contributed by atoms with Crippen LogP contribution < -0.4 is 29.6 Å². The van der Waals surface area contributed by atoms with Crippen LogP contribution in [0.25, 0.3) is 11.1 Å². The summed E-state index contributed by atoms with van der Waals surface area (Å²) in [5.41, 5.74) is 0.284. The summed E-state index contributed by atoms with van der Waals surface area (Å²) in [6.45, 7) is 0. The molecule has 2 N–H and O–H groups in total. The molecule has 0 unspecified atom stereocenters. The molecule has 0 spiro atoms. The number of nitrogens with one attached hydrogen (secondary N) is 1. The molecular weight excluding hydrogens is 285 g/mol. The van der Waals surface area contributed by atoms with Gasteiger partial charge in [0.25, 0.3) is 15.0 Å². The summed E-state index contributed by atoms with van der Waals surface area (Å²) >= 11 is 10.4. The molecule has 1 aromatic carbocycles. The molecule has 2 rings (SSSR count). The SMILES string of the molecule is O=S(=O)(O)c1cc(Cl)cc2[nH]c(=S)oc12.[H-].[Na+]. The third-order valence-electron chi connectivity index (χ3n) is 1.73. The Hall–Kier alpha value is 0.110. The van der Waals surface area contributed by atoms with Crippen LogP contribution in [0.15, 0.2) is 21.4 Å². The molecule has 16 heavy (non-hydrogen) atoms. The molecule has 0 saturated heterocycles. The van der Waals surface area contributed by atoms with Gasteiger partial charge in [-0.25, -0.2) is 0 Å². The van der Waals surface area contributed by atoms with Crippen LogP contribution in [0.3, 0.4) is 0 Å². The van der Waals surface area contributed by atoms with Crippen LogP contribution in [0.4, 0.5) is 0 Å². The van der Waals surface area contributed by atoms with Crippen molar-refractivity contribution in [3.63, 3.8) is 0 Å². The number of benzene rings is 1. The van der Waals surface area contributed by atoms with Gasteiger partial charge in [-0.3, -0.25) is 4.55 Å². The molecule has 0 aliphatic carbocycles. The van der Waals surface area contributed by atoms with Gasteiger partial charge in [-0.1, -0.05) is 11.6 Å². The Balaban J connectivity index is 0.00000128. The van der Waals surface area contributed by atoms with Gasteiger partial charge in [-0.05, 0) is 24.4 Å². The Morgan fingerprint density at radius 1 is 1.50 bits per heavy atom. The first-order valence-electron chi connectivity index (χ1n) is 3.68. The first-order valence-corrected chi connectivity index (χ1v) is 5.90. The summed E-state index contributed by atoms with van der Waals surface area (Å²) in [6, 6.07) is 2.54. The fourth-order valence-electron chi connectivity index (χ4n) is 1.19. The molecule has 82 valence electrons. The van der Waals surface area contributed by atoms with Crippen molar-refractivity contribution in [2.75, 3.05) is 0 Å². The van der Waals surface area contributed by atoms with E-state index in [2.05, 4.69) is 4.98 Å². The first kappa shape index (κ1) is 14.2. The molecular formula is C7H5ClNNaO4S2. The van der Waals surface area contributed by atoms with Gasteiger partial charge in [0.1, 0.15) is 4.90 Å². The van der Waals surface area contributed by atoms with Crippen molar-refractivity contribution >= 4 is 45.0 Å². The molecule has 0 atom stereocenters. The summed E-state index contributed by atoms with van der Waals surface area (Å²) in [5, 5.41) is 0.155. The van der Waals surface area contributed by atoms with E-state index < -0.39 is 15.0 Å². The first-order chi connectivity index (χ1) is 6.88. The number of aromatic nitrogens is 1. The predicted octanol–water partition coefficient (Wildman–Crippen LogP) is -0.493. The van der Waals surface area contributed by atoms with E-state index in [1.54, 1.807) is 0 Å². The zero-order valence-electron chi connectivity index (χ0n) is 9.02. The molecule has 0 fully saturated rings. The molecule has 0 amide bonds. The van der Waals surface area contributed by atoms with E-state index in [9.17, 15) is 8.42 Å². The van der Waals surface area contributed by atoms with Gasteiger partial charge < -0.3 is 10.8 Å². The van der Waals surface area contributed by atoms with Crippen LogP contribution in [0.5, 0.6) is 0 Å². The second kappa shape index (κ2) is 4.77. The summed E-state index contributed by atoms with van der Waals surface area (Å²) in [5.74, 6) is 0. The van der Waals surface area contributed by atoms with E-state index in [0.717, 1.165) is 6.07 Å². The molecule has 1 aromatic heterocycles. The van der Waals surface area contributed by atoms with Gasteiger partial charge in [0.15, 0.2) is 5.58 Å². The zero-order valence-corrected chi connectivity index (χ0v) is 12.4. The maximum atomic E-state index is 11.0. The van der Waals surface area contributed by atoms with E-state index in [1.807, 2.05) is 0 Å². The minimum atomic E-state index is -4.38. The molecule has 2 aromatic rings. The van der Waals surface area contributed by atoms with Gasteiger partial charge in [0.2, 0.25) is 0 Å². The minimum absolute atomic E-state index is 0. The molecule has 5 nitrogen and oxygen atoms in total. The summed E-state index contributed by atoms with van der Waals surface area (Å²) < 4.78 is 35.9. The summed E-state index contributed by atoms with van der Waals surface area (Å²) in [4.78, 5) is 2.21. The maximum absolute atomic E-state index is 11.0. The number of halogens is 1. The number of rotatable bonds is 1. The zero-order chi connectivity index (χ0) is 11.2. The molecule has 0 saturated carbocycles. The van der Waals surface area contributed by atoms with Crippen LogP contribution in [0, 0.1) is 4.84 Å². The van der Waals surface area contributed by atoms with Crippen LogP contribution in [-0.2, 0) is 10.1 Å². The average molecular weight is 290 g/mol. The van der Waals surface area contributed by atoms with Crippen LogP contribution in [-0.4, -0.2) is 18.0 Å². The van der Waals surface area contributed by atoms with Crippen molar-refractivity contribution in [2.45, 2.75) is 4.90 Å². The topological polar surface area (TPSA) is 83.3 Å². The molecule has 9 heteroatoms. The van der Waals surface area contributed by atoms with E-state index in [4.69, 9.17) is 32.8 Å². The second-order valence-electron chi connectivity index (χ2n) is 2.77. The van der Waals surface area contributed by atoms with E-state index in [0.29, 0.717) is 5.52 Å². The van der Waals surface area contributed by atoms with Gasteiger partial charge in [-0.15, -0.1) is 0 Å². The average Bonchev–Trinajstić information content (AvgIpc) is 2.41. The van der Waals surface area contributed by atoms with E-state index >= 15 is 0 Å². The van der Waals surface area contributed by atoms with Crippen molar-refractivity contribution in [2.24, 2.45) is 0 Å². The summed E-state index contributed by atoms with van der Waals surface area (Å²) in [7, 11) is -4.38. The third kappa shape index (κ3) is 2.67. The molecule has 0 bridgehead atoms. The third-order valence-corrected chi connectivity index (χ3v) is 2.99. The number of hydrogen-bond acceptors (Lipinski definition) is 4. The number of fused-ring (bicyclic) bond motifs is 1. The van der Waals surface area contributed by atoms with E-state index in [1.165, 1.54) is 6.07 Å². The number of oxazole rings is 1. The monoisotopic (exact) mass is 289 g/mol. The number of H-pyrrole nitrogens is 1. The molecule has 0 radical (unpaired) electrons. The second-order valence-corrected chi connectivity index (χ2v) is 4.97. The van der Waals surface area contributed by atoms with Crippen LogP contribution in [0.1, 0.15) is 1.43 Å². The number of aromatic amines is 1. The molecule has 1 heterocycles. The largest absolute Gasteiger partial charge is 1.00 e. The van der Waals surface area contributed by atoms with Crippen LogP contribution >= 0.6 is 23.8 Å². The van der Waals surface area contributed by atoms with E-state index in [-0.39, 0.29) is 46.4 Å². The van der Waals surface area contributed by atoms with Crippen molar-refractivity contribution in [3.8, 4) is 0 Å². The fraction of sp³-hybridized carbons (Fsp3) is 0.